The monoisotopic (exact) mass is 374 g/mol. The minimum absolute atomic E-state index is 0.0173. The molecule has 2 aliphatic rings. The van der Waals surface area contributed by atoms with Crippen molar-refractivity contribution in [1.82, 2.24) is 14.7 Å². The summed E-state index contributed by atoms with van der Waals surface area (Å²) < 4.78 is 7.39. The minimum atomic E-state index is -0.551. The number of rotatable bonds is 2. The molecular formula is C18H19ClN4O3. The molecule has 1 aromatic heterocycles. The molecule has 0 N–H and O–H groups in total. The number of hydrogen-bond donors (Lipinski definition) is 0. The first-order valence-corrected chi connectivity index (χ1v) is 8.83. The van der Waals surface area contributed by atoms with Crippen molar-refractivity contribution in [3.63, 3.8) is 0 Å². The fourth-order valence-corrected chi connectivity index (χ4v) is 3.87. The van der Waals surface area contributed by atoms with E-state index in [0.29, 0.717) is 36.8 Å². The fraction of sp³-hybridized carbons (Fsp3) is 0.389. The first kappa shape index (κ1) is 17.1. The molecule has 1 spiro atoms. The number of carbonyl (C=O) groups excluding carboxylic acids is 2. The average Bonchev–Trinajstić information content (AvgIpc) is 3.21. The SMILES string of the molecule is Cn1ncc(Cl)c1C(=O)N1CCC2(C1)CN(c1ccccc1)C(=O)CO2. The minimum Gasteiger partial charge on any atom is -0.361 e. The van der Waals surface area contributed by atoms with Gasteiger partial charge in [0, 0.05) is 19.3 Å². The molecule has 136 valence electrons. The maximum atomic E-state index is 12.8. The van der Waals surface area contributed by atoms with Crippen molar-refractivity contribution in [1.29, 1.82) is 0 Å². The van der Waals surface area contributed by atoms with E-state index in [9.17, 15) is 9.59 Å². The third-order valence-electron chi connectivity index (χ3n) is 5.02. The predicted octanol–water partition coefficient (Wildman–Crippen LogP) is 1.72. The van der Waals surface area contributed by atoms with Crippen LogP contribution in [0.25, 0.3) is 0 Å². The van der Waals surface area contributed by atoms with Crippen molar-refractivity contribution in [2.75, 3.05) is 31.1 Å². The molecule has 2 aliphatic heterocycles. The number of morpholine rings is 1. The molecule has 2 amide bonds. The molecule has 2 saturated heterocycles. The number of hydrogen-bond acceptors (Lipinski definition) is 4. The number of ether oxygens (including phenoxy) is 1. The van der Waals surface area contributed by atoms with Crippen molar-refractivity contribution < 1.29 is 14.3 Å². The second kappa shape index (κ2) is 6.41. The highest BCUT2D eigenvalue weighted by Gasteiger charge is 2.47. The summed E-state index contributed by atoms with van der Waals surface area (Å²) in [5, 5.41) is 4.36. The van der Waals surface area contributed by atoms with E-state index in [1.54, 1.807) is 16.8 Å². The zero-order chi connectivity index (χ0) is 18.3. The smallest absolute Gasteiger partial charge is 0.273 e. The molecule has 2 aromatic rings. The van der Waals surface area contributed by atoms with E-state index in [2.05, 4.69) is 5.10 Å². The van der Waals surface area contributed by atoms with Gasteiger partial charge in [0.15, 0.2) is 0 Å². The Morgan fingerprint density at radius 3 is 2.73 bits per heavy atom. The van der Waals surface area contributed by atoms with Gasteiger partial charge in [0.25, 0.3) is 11.8 Å². The lowest BCUT2D eigenvalue weighted by molar-refractivity contribution is -0.137. The number of aromatic nitrogens is 2. The van der Waals surface area contributed by atoms with Crippen LogP contribution in [0.5, 0.6) is 0 Å². The topological polar surface area (TPSA) is 67.7 Å². The van der Waals surface area contributed by atoms with Gasteiger partial charge in [-0.25, -0.2) is 0 Å². The van der Waals surface area contributed by atoms with Gasteiger partial charge in [-0.15, -0.1) is 0 Å². The Kier molecular flexibility index (Phi) is 4.20. The predicted molar refractivity (Wildman–Crippen MR) is 96.2 cm³/mol. The second-order valence-electron chi connectivity index (χ2n) is 6.73. The highest BCUT2D eigenvalue weighted by molar-refractivity contribution is 6.33. The largest absolute Gasteiger partial charge is 0.361 e. The summed E-state index contributed by atoms with van der Waals surface area (Å²) in [7, 11) is 1.69. The summed E-state index contributed by atoms with van der Waals surface area (Å²) in [5.41, 5.74) is 0.667. The van der Waals surface area contributed by atoms with Crippen LogP contribution in [0.3, 0.4) is 0 Å². The van der Waals surface area contributed by atoms with Crippen LogP contribution in [-0.4, -0.2) is 58.3 Å². The molecule has 1 unspecified atom stereocenters. The lowest BCUT2D eigenvalue weighted by Gasteiger charge is -2.40. The number of carbonyl (C=O) groups is 2. The molecule has 1 atom stereocenters. The second-order valence-corrected chi connectivity index (χ2v) is 7.14. The number of benzene rings is 1. The van der Waals surface area contributed by atoms with E-state index in [-0.39, 0.29) is 18.4 Å². The van der Waals surface area contributed by atoms with Crippen molar-refractivity contribution in [3.8, 4) is 0 Å². The molecule has 0 saturated carbocycles. The lowest BCUT2D eigenvalue weighted by Crippen LogP contribution is -2.56. The summed E-state index contributed by atoms with van der Waals surface area (Å²) in [6.07, 6.45) is 2.14. The van der Waals surface area contributed by atoms with Gasteiger partial charge in [-0.3, -0.25) is 14.3 Å². The zero-order valence-electron chi connectivity index (χ0n) is 14.4. The van der Waals surface area contributed by atoms with E-state index in [0.717, 1.165) is 5.69 Å². The average molecular weight is 375 g/mol. The van der Waals surface area contributed by atoms with Crippen LogP contribution in [-0.2, 0) is 16.6 Å². The summed E-state index contributed by atoms with van der Waals surface area (Å²) in [4.78, 5) is 28.6. The summed E-state index contributed by atoms with van der Waals surface area (Å²) in [6.45, 7) is 1.42. The number of likely N-dealkylation sites (tertiary alicyclic amines) is 1. The van der Waals surface area contributed by atoms with E-state index in [1.165, 1.54) is 10.9 Å². The molecular weight excluding hydrogens is 356 g/mol. The number of aryl methyl sites for hydroxylation is 1. The van der Waals surface area contributed by atoms with E-state index in [4.69, 9.17) is 16.3 Å². The maximum Gasteiger partial charge on any atom is 0.273 e. The van der Waals surface area contributed by atoms with Gasteiger partial charge in [0.05, 0.1) is 24.3 Å². The van der Waals surface area contributed by atoms with Gasteiger partial charge in [-0.05, 0) is 18.6 Å². The van der Waals surface area contributed by atoms with Crippen molar-refractivity contribution in [3.05, 3.63) is 47.2 Å². The van der Waals surface area contributed by atoms with Crippen molar-refractivity contribution in [2.45, 2.75) is 12.0 Å². The summed E-state index contributed by atoms with van der Waals surface area (Å²) in [5.74, 6) is -0.236. The third kappa shape index (κ3) is 2.87. The van der Waals surface area contributed by atoms with Crippen LogP contribution in [0.4, 0.5) is 5.69 Å². The van der Waals surface area contributed by atoms with Crippen LogP contribution in [0, 0.1) is 0 Å². The van der Waals surface area contributed by atoms with Gasteiger partial charge in [-0.2, -0.15) is 5.10 Å². The van der Waals surface area contributed by atoms with Gasteiger partial charge in [0.1, 0.15) is 17.9 Å². The molecule has 0 bridgehead atoms. The van der Waals surface area contributed by atoms with Crippen molar-refractivity contribution in [2.24, 2.45) is 7.05 Å². The lowest BCUT2D eigenvalue weighted by atomic mass is 10.00. The molecule has 7 nitrogen and oxygen atoms in total. The quantitative estimate of drug-likeness (QED) is 0.802. The molecule has 26 heavy (non-hydrogen) atoms. The van der Waals surface area contributed by atoms with E-state index < -0.39 is 5.60 Å². The van der Waals surface area contributed by atoms with Crippen LogP contribution in [0.15, 0.2) is 36.5 Å². The van der Waals surface area contributed by atoms with Gasteiger partial charge < -0.3 is 14.5 Å². The Labute approximate surface area is 156 Å². The first-order chi connectivity index (χ1) is 12.5. The molecule has 2 fully saturated rings. The Morgan fingerprint density at radius 1 is 1.27 bits per heavy atom. The molecule has 0 aliphatic carbocycles. The number of anilines is 1. The Hall–Kier alpha value is -2.38. The van der Waals surface area contributed by atoms with Crippen molar-refractivity contribution >= 4 is 29.1 Å². The maximum absolute atomic E-state index is 12.8. The molecule has 4 rings (SSSR count). The van der Waals surface area contributed by atoms with Crippen LogP contribution in [0.2, 0.25) is 5.02 Å². The summed E-state index contributed by atoms with van der Waals surface area (Å²) in [6, 6.07) is 9.53. The number of halogens is 1. The Balaban J connectivity index is 1.54. The molecule has 8 heteroatoms. The van der Waals surface area contributed by atoms with Gasteiger partial charge in [0.2, 0.25) is 0 Å². The third-order valence-corrected chi connectivity index (χ3v) is 5.29. The fourth-order valence-electron chi connectivity index (χ4n) is 3.62. The Morgan fingerprint density at radius 2 is 2.04 bits per heavy atom. The number of para-hydroxylation sites is 1. The highest BCUT2D eigenvalue weighted by atomic mass is 35.5. The van der Waals surface area contributed by atoms with E-state index >= 15 is 0 Å². The molecule has 3 heterocycles. The number of amides is 2. The van der Waals surface area contributed by atoms with E-state index in [1.807, 2.05) is 30.3 Å². The van der Waals surface area contributed by atoms with Crippen LogP contribution >= 0.6 is 11.6 Å². The first-order valence-electron chi connectivity index (χ1n) is 8.45. The normalized spacial score (nSPS) is 23.1. The molecule has 0 radical (unpaired) electrons. The molecule has 1 aromatic carbocycles. The van der Waals surface area contributed by atoms with Gasteiger partial charge in [-0.1, -0.05) is 29.8 Å². The van der Waals surface area contributed by atoms with Crippen LogP contribution < -0.4 is 4.90 Å². The standard InChI is InChI=1S/C18H19ClN4O3/c1-21-16(14(19)9-20-21)17(25)22-8-7-18(11-22)12-23(15(24)10-26-18)13-5-3-2-4-6-13/h2-6,9H,7-8,10-12H2,1H3. The Bertz CT molecular complexity index is 834. The highest BCUT2D eigenvalue weighted by Crippen LogP contribution is 2.33. The zero-order valence-corrected chi connectivity index (χ0v) is 15.1. The summed E-state index contributed by atoms with van der Waals surface area (Å²) >= 11 is 6.10. The van der Waals surface area contributed by atoms with Gasteiger partial charge >= 0.3 is 0 Å². The van der Waals surface area contributed by atoms with Crippen LogP contribution in [0.1, 0.15) is 16.9 Å². The number of nitrogens with zero attached hydrogens (tertiary/aromatic N) is 4.